The maximum absolute atomic E-state index is 12.3. The molecule has 2 aromatic rings. The quantitative estimate of drug-likeness (QED) is 0.773. The number of pyridine rings is 1. The van der Waals surface area contributed by atoms with E-state index in [-0.39, 0.29) is 29.1 Å². The molecule has 7 nitrogen and oxygen atoms in total. The predicted molar refractivity (Wildman–Crippen MR) is 88.8 cm³/mol. The van der Waals surface area contributed by atoms with E-state index in [0.717, 1.165) is 18.2 Å². The molecule has 0 unspecified atom stereocenters. The van der Waals surface area contributed by atoms with Crippen LogP contribution in [0, 0.1) is 6.92 Å². The van der Waals surface area contributed by atoms with Crippen LogP contribution in [-0.2, 0) is 4.74 Å². The van der Waals surface area contributed by atoms with Crippen molar-refractivity contribution in [2.75, 3.05) is 11.9 Å². The Bertz CT molecular complexity index is 904. The summed E-state index contributed by atoms with van der Waals surface area (Å²) >= 11 is 0. The summed E-state index contributed by atoms with van der Waals surface area (Å²) in [4.78, 5) is 38.6. The Hall–Kier alpha value is -3.30. The Labute approximate surface area is 151 Å². The van der Waals surface area contributed by atoms with E-state index < -0.39 is 29.5 Å². The minimum atomic E-state index is -4.83. The number of carbonyl (C=O) groups is 2. The number of esters is 1. The molecule has 1 aromatic heterocycles. The third-order valence-electron chi connectivity index (χ3n) is 3.32. The number of hydrogen-bond donors (Lipinski definition) is 2. The normalized spacial score (nSPS) is 11.0. The number of alkyl halides is 3. The number of amides is 1. The first kappa shape index (κ1) is 20.0. The number of H-pyrrole nitrogens is 1. The van der Waals surface area contributed by atoms with E-state index in [1.165, 1.54) is 19.1 Å². The molecule has 0 bridgehead atoms. The zero-order valence-corrected chi connectivity index (χ0v) is 14.3. The molecule has 1 amide bonds. The topological polar surface area (TPSA) is 97.5 Å². The number of halogens is 3. The van der Waals surface area contributed by atoms with Crippen molar-refractivity contribution >= 4 is 17.6 Å². The summed E-state index contributed by atoms with van der Waals surface area (Å²) < 4.78 is 45.0. The SMILES string of the molecule is CCOC(=O)c1cc(C(=O)Nc2ccc(OC(F)(F)F)cc2)c(=O)[nH]c1C. The van der Waals surface area contributed by atoms with Crippen LogP contribution in [0.5, 0.6) is 5.75 Å². The van der Waals surface area contributed by atoms with Crippen molar-refractivity contribution in [3.8, 4) is 5.75 Å². The number of hydrogen-bond acceptors (Lipinski definition) is 5. The van der Waals surface area contributed by atoms with Gasteiger partial charge in [-0.1, -0.05) is 0 Å². The van der Waals surface area contributed by atoms with Gasteiger partial charge in [0.15, 0.2) is 0 Å². The molecule has 1 heterocycles. The molecule has 0 aliphatic rings. The van der Waals surface area contributed by atoms with E-state index in [0.29, 0.717) is 0 Å². The first-order valence-corrected chi connectivity index (χ1v) is 7.69. The molecule has 0 atom stereocenters. The predicted octanol–water partition coefficient (Wildman–Crippen LogP) is 3.01. The number of ether oxygens (including phenoxy) is 2. The molecule has 0 aliphatic heterocycles. The molecule has 2 rings (SSSR count). The lowest BCUT2D eigenvalue weighted by Crippen LogP contribution is -2.25. The van der Waals surface area contributed by atoms with Crippen LogP contribution in [-0.4, -0.2) is 29.8 Å². The molecule has 0 radical (unpaired) electrons. The summed E-state index contributed by atoms with van der Waals surface area (Å²) in [5.74, 6) is -2.00. The number of carbonyl (C=O) groups excluding carboxylic acids is 2. The fourth-order valence-corrected chi connectivity index (χ4v) is 2.15. The Balaban J connectivity index is 2.21. The molecule has 2 N–H and O–H groups in total. The highest BCUT2D eigenvalue weighted by atomic mass is 19.4. The van der Waals surface area contributed by atoms with Gasteiger partial charge in [-0.15, -0.1) is 13.2 Å². The largest absolute Gasteiger partial charge is 0.573 e. The summed E-state index contributed by atoms with van der Waals surface area (Å²) in [5, 5.41) is 2.36. The van der Waals surface area contributed by atoms with Crippen molar-refractivity contribution in [2.45, 2.75) is 20.2 Å². The second kappa shape index (κ2) is 7.94. The van der Waals surface area contributed by atoms with Gasteiger partial charge in [-0.25, -0.2) is 4.79 Å². The summed E-state index contributed by atoms with van der Waals surface area (Å²) in [7, 11) is 0. The van der Waals surface area contributed by atoms with Crippen LogP contribution in [0.25, 0.3) is 0 Å². The van der Waals surface area contributed by atoms with Gasteiger partial charge in [0.2, 0.25) is 0 Å². The molecule has 0 fully saturated rings. The number of benzene rings is 1. The highest BCUT2D eigenvalue weighted by molar-refractivity contribution is 6.05. The van der Waals surface area contributed by atoms with Gasteiger partial charge in [-0.3, -0.25) is 9.59 Å². The second-order valence-corrected chi connectivity index (χ2v) is 5.30. The number of anilines is 1. The van der Waals surface area contributed by atoms with Gasteiger partial charge >= 0.3 is 12.3 Å². The monoisotopic (exact) mass is 384 g/mol. The van der Waals surface area contributed by atoms with Crippen molar-refractivity contribution in [1.82, 2.24) is 4.98 Å². The van der Waals surface area contributed by atoms with Gasteiger partial charge in [0.25, 0.3) is 11.5 Å². The van der Waals surface area contributed by atoms with Crippen LogP contribution in [0.4, 0.5) is 18.9 Å². The van der Waals surface area contributed by atoms with Crippen LogP contribution in [0.3, 0.4) is 0 Å². The molecule has 0 saturated carbocycles. The lowest BCUT2D eigenvalue weighted by molar-refractivity contribution is -0.274. The van der Waals surface area contributed by atoms with Crippen LogP contribution >= 0.6 is 0 Å². The molecule has 1 aromatic carbocycles. The summed E-state index contributed by atoms with van der Waals surface area (Å²) in [6.45, 7) is 3.21. The minimum absolute atomic E-state index is 0.0236. The average Bonchev–Trinajstić information content (AvgIpc) is 2.55. The van der Waals surface area contributed by atoms with Crippen LogP contribution in [0.2, 0.25) is 0 Å². The molecule has 27 heavy (non-hydrogen) atoms. The van der Waals surface area contributed by atoms with Gasteiger partial charge < -0.3 is 19.8 Å². The molecule has 0 aliphatic carbocycles. The smallest absolute Gasteiger partial charge is 0.462 e. The molecule has 10 heteroatoms. The van der Waals surface area contributed by atoms with E-state index in [1.54, 1.807) is 6.92 Å². The molecule has 144 valence electrons. The minimum Gasteiger partial charge on any atom is -0.462 e. The van der Waals surface area contributed by atoms with Gasteiger partial charge in [0, 0.05) is 11.4 Å². The van der Waals surface area contributed by atoms with E-state index in [2.05, 4.69) is 15.0 Å². The van der Waals surface area contributed by atoms with E-state index in [9.17, 15) is 27.6 Å². The zero-order chi connectivity index (χ0) is 20.2. The van der Waals surface area contributed by atoms with Crippen LogP contribution in [0.15, 0.2) is 35.1 Å². The number of nitrogens with one attached hydrogen (secondary N) is 2. The Morgan fingerprint density at radius 2 is 1.78 bits per heavy atom. The highest BCUT2D eigenvalue weighted by Crippen LogP contribution is 2.24. The number of rotatable bonds is 5. The Kier molecular flexibility index (Phi) is 5.88. The van der Waals surface area contributed by atoms with Gasteiger partial charge in [-0.05, 0) is 44.2 Å². The first-order chi connectivity index (χ1) is 12.6. The van der Waals surface area contributed by atoms with E-state index in [4.69, 9.17) is 4.74 Å². The third kappa shape index (κ3) is 5.33. The fourth-order valence-electron chi connectivity index (χ4n) is 2.15. The lowest BCUT2D eigenvalue weighted by Gasteiger charge is -2.10. The summed E-state index contributed by atoms with van der Waals surface area (Å²) in [6.07, 6.45) is -4.83. The van der Waals surface area contributed by atoms with Gasteiger partial charge in [-0.2, -0.15) is 0 Å². The van der Waals surface area contributed by atoms with E-state index in [1.807, 2.05) is 0 Å². The van der Waals surface area contributed by atoms with Crippen molar-refractivity contribution < 1.29 is 32.2 Å². The number of aromatic amines is 1. The zero-order valence-electron chi connectivity index (χ0n) is 14.3. The molecular formula is C17H15F3N2O5. The van der Waals surface area contributed by atoms with Crippen molar-refractivity contribution in [1.29, 1.82) is 0 Å². The average molecular weight is 384 g/mol. The van der Waals surface area contributed by atoms with E-state index >= 15 is 0 Å². The molecule has 0 saturated heterocycles. The van der Waals surface area contributed by atoms with Gasteiger partial charge in [0.1, 0.15) is 11.3 Å². The second-order valence-electron chi connectivity index (χ2n) is 5.30. The number of aryl methyl sites for hydroxylation is 1. The molecule has 0 spiro atoms. The van der Waals surface area contributed by atoms with Crippen molar-refractivity contribution in [3.05, 3.63) is 57.5 Å². The maximum Gasteiger partial charge on any atom is 0.573 e. The Morgan fingerprint density at radius 3 is 2.33 bits per heavy atom. The Morgan fingerprint density at radius 1 is 1.15 bits per heavy atom. The fraction of sp³-hybridized carbons (Fsp3) is 0.235. The van der Waals surface area contributed by atoms with Crippen molar-refractivity contribution in [3.63, 3.8) is 0 Å². The lowest BCUT2D eigenvalue weighted by atomic mass is 10.1. The highest BCUT2D eigenvalue weighted by Gasteiger charge is 2.31. The maximum atomic E-state index is 12.3. The molecular weight excluding hydrogens is 369 g/mol. The van der Waals surface area contributed by atoms with Crippen LogP contribution < -0.4 is 15.6 Å². The number of aromatic nitrogens is 1. The summed E-state index contributed by atoms with van der Waals surface area (Å²) in [5.41, 5.74) is -0.680. The third-order valence-corrected chi connectivity index (χ3v) is 3.32. The summed E-state index contributed by atoms with van der Waals surface area (Å²) in [6, 6.07) is 5.46. The first-order valence-electron chi connectivity index (χ1n) is 7.69. The van der Waals surface area contributed by atoms with Gasteiger partial charge in [0.05, 0.1) is 12.2 Å². The standard InChI is InChI=1S/C17H15F3N2O5/c1-3-26-16(25)12-8-13(14(23)21-9(12)2)15(24)22-10-4-6-11(7-5-10)27-17(18,19)20/h4-8H,3H2,1-2H3,(H,21,23)(H,22,24). The van der Waals surface area contributed by atoms with Crippen LogP contribution in [0.1, 0.15) is 33.3 Å². The van der Waals surface area contributed by atoms with Crippen molar-refractivity contribution in [2.24, 2.45) is 0 Å².